The van der Waals surface area contributed by atoms with Crippen molar-refractivity contribution in [2.75, 3.05) is 29.4 Å². The number of sulfonamides is 1. The summed E-state index contributed by atoms with van der Waals surface area (Å²) >= 11 is 13.8. The SMILES string of the molecule is CS(=O)(=O)N(CCCC(=O)NCCSCc1c(Cl)cccc1Cl)c1ccccc1F. The first kappa shape index (κ1) is 24.8. The van der Waals surface area contributed by atoms with Gasteiger partial charge in [0.1, 0.15) is 5.82 Å². The molecule has 0 aliphatic rings. The number of rotatable bonds is 11. The van der Waals surface area contributed by atoms with Crippen molar-refractivity contribution >= 4 is 56.6 Å². The Morgan fingerprint density at radius 3 is 2.43 bits per heavy atom. The van der Waals surface area contributed by atoms with Crippen molar-refractivity contribution in [3.8, 4) is 0 Å². The quantitative estimate of drug-likeness (QED) is 0.460. The van der Waals surface area contributed by atoms with Crippen LogP contribution in [0.25, 0.3) is 0 Å². The number of nitrogens with one attached hydrogen (secondary N) is 1. The fraction of sp³-hybridized carbons (Fsp3) is 0.350. The molecule has 0 fully saturated rings. The maximum atomic E-state index is 14.0. The van der Waals surface area contributed by atoms with Crippen LogP contribution in [0.2, 0.25) is 10.0 Å². The van der Waals surface area contributed by atoms with E-state index in [1.165, 1.54) is 18.2 Å². The van der Waals surface area contributed by atoms with E-state index in [-0.39, 0.29) is 31.0 Å². The second kappa shape index (κ2) is 11.8. The van der Waals surface area contributed by atoms with Crippen LogP contribution in [0.1, 0.15) is 18.4 Å². The standard InChI is InChI=1S/C20H23Cl2FN2O3S2/c1-30(27,28)25(19-9-3-2-8-18(19)23)12-5-10-20(26)24-11-13-29-14-15-16(21)6-4-7-17(15)22/h2-4,6-9H,5,10-14H2,1H3,(H,24,26). The number of carbonyl (C=O) groups excluding carboxylic acids is 1. The van der Waals surface area contributed by atoms with Crippen molar-refractivity contribution in [2.24, 2.45) is 0 Å². The molecule has 10 heteroatoms. The van der Waals surface area contributed by atoms with Crippen molar-refractivity contribution < 1.29 is 17.6 Å². The molecule has 30 heavy (non-hydrogen) atoms. The average Bonchev–Trinajstić information content (AvgIpc) is 2.67. The van der Waals surface area contributed by atoms with Crippen LogP contribution in [0.4, 0.5) is 10.1 Å². The highest BCUT2D eigenvalue weighted by Gasteiger charge is 2.20. The zero-order valence-electron chi connectivity index (χ0n) is 16.4. The van der Waals surface area contributed by atoms with Gasteiger partial charge in [0.25, 0.3) is 0 Å². The zero-order chi connectivity index (χ0) is 22.1. The molecule has 0 saturated carbocycles. The van der Waals surface area contributed by atoms with Crippen LogP contribution in [0, 0.1) is 5.82 Å². The highest BCUT2D eigenvalue weighted by molar-refractivity contribution is 7.98. The highest BCUT2D eigenvalue weighted by atomic mass is 35.5. The lowest BCUT2D eigenvalue weighted by atomic mass is 10.2. The van der Waals surface area contributed by atoms with Gasteiger partial charge in [-0.1, -0.05) is 41.4 Å². The average molecular weight is 493 g/mol. The summed E-state index contributed by atoms with van der Waals surface area (Å²) < 4.78 is 39.0. The molecule has 2 aromatic rings. The van der Waals surface area contributed by atoms with E-state index in [0.29, 0.717) is 28.1 Å². The van der Waals surface area contributed by atoms with Gasteiger partial charge < -0.3 is 5.32 Å². The molecule has 0 aliphatic carbocycles. The Kier molecular flexibility index (Phi) is 9.74. The maximum Gasteiger partial charge on any atom is 0.232 e. The van der Waals surface area contributed by atoms with Crippen molar-refractivity contribution in [1.29, 1.82) is 0 Å². The van der Waals surface area contributed by atoms with Crippen LogP contribution in [0.5, 0.6) is 0 Å². The second-order valence-corrected chi connectivity index (χ2v) is 10.3. The van der Waals surface area contributed by atoms with Crippen molar-refractivity contribution in [1.82, 2.24) is 5.32 Å². The third-order valence-corrected chi connectivity index (χ3v) is 7.04. The van der Waals surface area contributed by atoms with E-state index >= 15 is 0 Å². The predicted molar refractivity (Wildman–Crippen MR) is 123 cm³/mol. The molecule has 0 bridgehead atoms. The number of hydrogen-bond acceptors (Lipinski definition) is 4. The van der Waals surface area contributed by atoms with Gasteiger partial charge in [-0.15, -0.1) is 0 Å². The maximum absolute atomic E-state index is 14.0. The molecule has 0 aliphatic heterocycles. The van der Waals surface area contributed by atoms with Crippen LogP contribution in [0.3, 0.4) is 0 Å². The molecule has 1 amide bonds. The van der Waals surface area contributed by atoms with Crippen LogP contribution < -0.4 is 9.62 Å². The molecule has 2 aromatic carbocycles. The topological polar surface area (TPSA) is 66.5 Å². The first-order chi connectivity index (χ1) is 14.2. The molecule has 0 atom stereocenters. The summed E-state index contributed by atoms with van der Waals surface area (Å²) in [5.74, 6) is 0.509. The first-order valence-electron chi connectivity index (χ1n) is 9.19. The van der Waals surface area contributed by atoms with Gasteiger partial charge in [-0.3, -0.25) is 9.10 Å². The van der Waals surface area contributed by atoms with E-state index in [2.05, 4.69) is 5.32 Å². The monoisotopic (exact) mass is 492 g/mol. The van der Waals surface area contributed by atoms with E-state index < -0.39 is 15.8 Å². The molecule has 0 unspecified atom stereocenters. The third-order valence-electron chi connectivity index (χ3n) is 4.16. The van der Waals surface area contributed by atoms with Crippen LogP contribution in [0.15, 0.2) is 42.5 Å². The van der Waals surface area contributed by atoms with Gasteiger partial charge in [-0.2, -0.15) is 11.8 Å². The Morgan fingerprint density at radius 1 is 1.13 bits per heavy atom. The van der Waals surface area contributed by atoms with E-state index in [1.54, 1.807) is 36.0 Å². The number of thioether (sulfide) groups is 1. The molecule has 164 valence electrons. The molecule has 0 aromatic heterocycles. The summed E-state index contributed by atoms with van der Waals surface area (Å²) in [5, 5.41) is 4.02. The molecule has 0 heterocycles. The minimum atomic E-state index is -3.66. The number of para-hydroxylation sites is 1. The van der Waals surface area contributed by atoms with Gasteiger partial charge in [-0.05, 0) is 36.2 Å². The molecule has 0 spiro atoms. The minimum absolute atomic E-state index is 0.0185. The molecular formula is C20H23Cl2FN2O3S2. The molecule has 0 saturated heterocycles. The number of anilines is 1. The van der Waals surface area contributed by atoms with Gasteiger partial charge in [0.15, 0.2) is 0 Å². The predicted octanol–water partition coefficient (Wildman–Crippen LogP) is 4.73. The van der Waals surface area contributed by atoms with Crippen LogP contribution in [-0.4, -0.2) is 39.4 Å². The lowest BCUT2D eigenvalue weighted by molar-refractivity contribution is -0.121. The largest absolute Gasteiger partial charge is 0.355 e. The second-order valence-electron chi connectivity index (χ2n) is 6.49. The lowest BCUT2D eigenvalue weighted by Crippen LogP contribution is -2.33. The van der Waals surface area contributed by atoms with E-state index in [0.717, 1.165) is 16.1 Å². The number of amides is 1. The number of benzene rings is 2. The summed E-state index contributed by atoms with van der Waals surface area (Å²) in [6, 6.07) is 11.0. The minimum Gasteiger partial charge on any atom is -0.355 e. The Morgan fingerprint density at radius 2 is 1.80 bits per heavy atom. The Hall–Kier alpha value is -1.48. The fourth-order valence-electron chi connectivity index (χ4n) is 2.70. The van der Waals surface area contributed by atoms with Gasteiger partial charge in [0.05, 0.1) is 11.9 Å². The fourth-order valence-corrected chi connectivity index (χ4v) is 5.26. The summed E-state index contributed by atoms with van der Waals surface area (Å²) in [6.45, 7) is 0.488. The molecule has 0 radical (unpaired) electrons. The van der Waals surface area contributed by atoms with E-state index in [1.807, 2.05) is 0 Å². The molecular weight excluding hydrogens is 470 g/mol. The zero-order valence-corrected chi connectivity index (χ0v) is 19.6. The normalized spacial score (nSPS) is 11.3. The van der Waals surface area contributed by atoms with Gasteiger partial charge in [0, 0.05) is 41.1 Å². The molecule has 1 N–H and O–H groups in total. The van der Waals surface area contributed by atoms with Gasteiger partial charge in [0.2, 0.25) is 15.9 Å². The van der Waals surface area contributed by atoms with E-state index in [4.69, 9.17) is 23.2 Å². The summed E-state index contributed by atoms with van der Waals surface area (Å²) in [4.78, 5) is 12.0. The summed E-state index contributed by atoms with van der Waals surface area (Å²) in [7, 11) is -3.66. The Bertz CT molecular complexity index is 954. The van der Waals surface area contributed by atoms with Crippen LogP contribution in [-0.2, 0) is 20.6 Å². The van der Waals surface area contributed by atoms with Gasteiger partial charge in [-0.25, -0.2) is 12.8 Å². The molecule has 5 nitrogen and oxygen atoms in total. The van der Waals surface area contributed by atoms with E-state index in [9.17, 15) is 17.6 Å². The summed E-state index contributed by atoms with van der Waals surface area (Å²) in [6.07, 6.45) is 1.43. The van der Waals surface area contributed by atoms with Gasteiger partial charge >= 0.3 is 0 Å². The van der Waals surface area contributed by atoms with Crippen LogP contribution >= 0.6 is 35.0 Å². The number of hydrogen-bond donors (Lipinski definition) is 1. The van der Waals surface area contributed by atoms with Crippen molar-refractivity contribution in [3.05, 3.63) is 63.9 Å². The molecule has 2 rings (SSSR count). The highest BCUT2D eigenvalue weighted by Crippen LogP contribution is 2.28. The smallest absolute Gasteiger partial charge is 0.232 e. The lowest BCUT2D eigenvalue weighted by Gasteiger charge is -2.22. The van der Waals surface area contributed by atoms with Crippen molar-refractivity contribution in [2.45, 2.75) is 18.6 Å². The first-order valence-corrected chi connectivity index (χ1v) is 13.0. The summed E-state index contributed by atoms with van der Waals surface area (Å²) in [5.41, 5.74) is 0.848. The number of carbonyl (C=O) groups is 1. The number of halogens is 3. The van der Waals surface area contributed by atoms with Crippen molar-refractivity contribution in [3.63, 3.8) is 0 Å². The number of nitrogens with zero attached hydrogens (tertiary/aromatic N) is 1. The Balaban J connectivity index is 1.73. The third kappa shape index (κ3) is 7.65. The Labute approximate surface area is 191 Å².